The number of carbonyl (C=O) groups is 1. The van der Waals surface area contributed by atoms with E-state index in [2.05, 4.69) is 6.92 Å². The van der Waals surface area contributed by atoms with Crippen molar-refractivity contribution < 1.29 is 9.53 Å². The van der Waals surface area contributed by atoms with Crippen molar-refractivity contribution in [2.24, 2.45) is 5.92 Å². The van der Waals surface area contributed by atoms with Gasteiger partial charge in [0, 0.05) is 24.5 Å². The Bertz CT molecular complexity index is 450. The Hall–Kier alpha value is -1.22. The third-order valence-electron chi connectivity index (χ3n) is 3.64. The second-order valence-electron chi connectivity index (χ2n) is 5.26. The lowest BCUT2D eigenvalue weighted by Crippen LogP contribution is -2.28. The summed E-state index contributed by atoms with van der Waals surface area (Å²) in [5.41, 5.74) is 0.713. The van der Waals surface area contributed by atoms with Crippen LogP contribution in [0.25, 0.3) is 0 Å². The molecule has 1 aliphatic heterocycles. The van der Waals surface area contributed by atoms with Gasteiger partial charge in [-0.1, -0.05) is 13.0 Å². The monoisotopic (exact) mass is 295 g/mol. The van der Waals surface area contributed by atoms with Crippen LogP contribution in [0.5, 0.6) is 5.75 Å². The largest absolute Gasteiger partial charge is 0.494 e. The van der Waals surface area contributed by atoms with Crippen molar-refractivity contribution in [3.05, 3.63) is 29.8 Å². The zero-order chi connectivity index (χ0) is 14.4. The van der Waals surface area contributed by atoms with Gasteiger partial charge in [-0.15, -0.1) is 11.6 Å². The van der Waals surface area contributed by atoms with E-state index in [0.717, 1.165) is 38.1 Å². The summed E-state index contributed by atoms with van der Waals surface area (Å²) in [6.07, 6.45) is 3.01. The van der Waals surface area contributed by atoms with E-state index >= 15 is 0 Å². The van der Waals surface area contributed by atoms with Crippen molar-refractivity contribution in [2.45, 2.75) is 26.2 Å². The molecule has 1 unspecified atom stereocenters. The molecule has 1 saturated heterocycles. The highest BCUT2D eigenvalue weighted by atomic mass is 35.5. The minimum atomic E-state index is 0.101. The number of hydrogen-bond acceptors (Lipinski definition) is 2. The molecule has 1 aliphatic rings. The summed E-state index contributed by atoms with van der Waals surface area (Å²) in [7, 11) is 0. The number of nitrogens with zero attached hydrogens (tertiary/aromatic N) is 1. The first-order valence-electron chi connectivity index (χ1n) is 7.32. The molecule has 1 heterocycles. The van der Waals surface area contributed by atoms with Crippen molar-refractivity contribution in [3.63, 3.8) is 0 Å². The number of amides is 1. The standard InChI is InChI=1S/C16H22ClNO2/c1-2-10-20-15-5-3-4-14(11-15)16(19)18-9-7-13(12-18)6-8-17/h3-5,11,13H,2,6-10,12H2,1H3. The molecule has 110 valence electrons. The molecule has 4 heteroatoms. The highest BCUT2D eigenvalue weighted by Crippen LogP contribution is 2.23. The summed E-state index contributed by atoms with van der Waals surface area (Å²) in [5.74, 6) is 2.10. The molecule has 1 atom stereocenters. The number of carbonyl (C=O) groups excluding carboxylic acids is 1. The molecule has 0 aliphatic carbocycles. The summed E-state index contributed by atoms with van der Waals surface area (Å²) in [5, 5.41) is 0. The number of ether oxygens (including phenoxy) is 1. The fourth-order valence-electron chi connectivity index (χ4n) is 2.53. The summed E-state index contributed by atoms with van der Waals surface area (Å²) in [6, 6.07) is 7.47. The van der Waals surface area contributed by atoms with Crippen molar-refractivity contribution in [1.29, 1.82) is 0 Å². The topological polar surface area (TPSA) is 29.5 Å². The lowest BCUT2D eigenvalue weighted by molar-refractivity contribution is 0.0786. The Kier molecular flexibility index (Phi) is 5.72. The SMILES string of the molecule is CCCOc1cccc(C(=O)N2CCC(CCCl)C2)c1. The number of benzene rings is 1. The fraction of sp³-hybridized carbons (Fsp3) is 0.562. The number of alkyl halides is 1. The van der Waals surface area contributed by atoms with Crippen molar-refractivity contribution in [2.75, 3.05) is 25.6 Å². The molecule has 2 rings (SSSR count). The van der Waals surface area contributed by atoms with Gasteiger partial charge in [0.2, 0.25) is 0 Å². The maximum Gasteiger partial charge on any atom is 0.253 e. The van der Waals surface area contributed by atoms with Crippen LogP contribution in [0, 0.1) is 5.92 Å². The van der Waals surface area contributed by atoms with Gasteiger partial charge in [0.15, 0.2) is 0 Å². The van der Waals surface area contributed by atoms with E-state index in [0.29, 0.717) is 24.0 Å². The zero-order valence-electron chi connectivity index (χ0n) is 12.0. The van der Waals surface area contributed by atoms with Crippen LogP contribution in [0.3, 0.4) is 0 Å². The lowest BCUT2D eigenvalue weighted by Gasteiger charge is -2.17. The van der Waals surface area contributed by atoms with Crippen LogP contribution in [0.2, 0.25) is 0 Å². The van der Waals surface area contributed by atoms with Crippen molar-refractivity contribution >= 4 is 17.5 Å². The van der Waals surface area contributed by atoms with E-state index in [1.54, 1.807) is 0 Å². The fourth-order valence-corrected chi connectivity index (χ4v) is 2.84. The van der Waals surface area contributed by atoms with E-state index in [1.165, 1.54) is 0 Å². The first-order chi connectivity index (χ1) is 9.74. The predicted molar refractivity (Wildman–Crippen MR) is 81.6 cm³/mol. The second kappa shape index (κ2) is 7.53. The maximum atomic E-state index is 12.5. The Labute approximate surface area is 125 Å². The predicted octanol–water partition coefficient (Wildman–Crippen LogP) is 3.57. The van der Waals surface area contributed by atoms with Gasteiger partial charge in [-0.25, -0.2) is 0 Å². The first-order valence-corrected chi connectivity index (χ1v) is 7.86. The van der Waals surface area contributed by atoms with Gasteiger partial charge in [0.1, 0.15) is 5.75 Å². The molecule has 20 heavy (non-hydrogen) atoms. The summed E-state index contributed by atoms with van der Waals surface area (Å²) >= 11 is 5.78. The Balaban J connectivity index is 1.98. The molecule has 0 bridgehead atoms. The minimum Gasteiger partial charge on any atom is -0.494 e. The number of halogens is 1. The molecule has 1 aromatic carbocycles. The molecule has 1 aromatic rings. The average molecular weight is 296 g/mol. The van der Waals surface area contributed by atoms with E-state index in [9.17, 15) is 4.79 Å². The van der Waals surface area contributed by atoms with E-state index in [-0.39, 0.29) is 5.91 Å². The van der Waals surface area contributed by atoms with E-state index in [1.807, 2.05) is 29.2 Å². The third-order valence-corrected chi connectivity index (χ3v) is 3.86. The number of hydrogen-bond donors (Lipinski definition) is 0. The van der Waals surface area contributed by atoms with Crippen molar-refractivity contribution in [3.8, 4) is 5.75 Å². The van der Waals surface area contributed by atoms with Gasteiger partial charge in [-0.05, 0) is 43.4 Å². The second-order valence-corrected chi connectivity index (χ2v) is 5.64. The smallest absolute Gasteiger partial charge is 0.253 e. The number of rotatable bonds is 6. The van der Waals surface area contributed by atoms with Crippen LogP contribution in [-0.2, 0) is 0 Å². The number of likely N-dealkylation sites (tertiary alicyclic amines) is 1. The molecular formula is C16H22ClNO2. The minimum absolute atomic E-state index is 0.101. The molecule has 1 fully saturated rings. The molecule has 0 saturated carbocycles. The van der Waals surface area contributed by atoms with E-state index in [4.69, 9.17) is 16.3 Å². The quantitative estimate of drug-likeness (QED) is 0.751. The van der Waals surface area contributed by atoms with Crippen LogP contribution in [0.1, 0.15) is 36.5 Å². The maximum absolute atomic E-state index is 12.5. The van der Waals surface area contributed by atoms with Crippen LogP contribution < -0.4 is 4.74 Å². The van der Waals surface area contributed by atoms with E-state index < -0.39 is 0 Å². The van der Waals surface area contributed by atoms with Gasteiger partial charge >= 0.3 is 0 Å². The molecule has 1 amide bonds. The zero-order valence-corrected chi connectivity index (χ0v) is 12.7. The molecular weight excluding hydrogens is 274 g/mol. The molecule has 0 radical (unpaired) electrons. The molecule has 3 nitrogen and oxygen atoms in total. The third kappa shape index (κ3) is 3.89. The summed E-state index contributed by atoms with van der Waals surface area (Å²) in [6.45, 7) is 4.40. The van der Waals surface area contributed by atoms with Crippen LogP contribution in [0.15, 0.2) is 24.3 Å². The normalized spacial score (nSPS) is 18.3. The Morgan fingerprint density at radius 1 is 1.50 bits per heavy atom. The summed E-state index contributed by atoms with van der Waals surface area (Å²) in [4.78, 5) is 14.4. The Morgan fingerprint density at radius 3 is 3.10 bits per heavy atom. The molecule has 0 N–H and O–H groups in total. The Morgan fingerprint density at radius 2 is 2.35 bits per heavy atom. The van der Waals surface area contributed by atoms with Crippen molar-refractivity contribution in [1.82, 2.24) is 4.90 Å². The molecule has 0 spiro atoms. The van der Waals surface area contributed by atoms with Crippen LogP contribution in [0.4, 0.5) is 0 Å². The molecule has 0 aromatic heterocycles. The highest BCUT2D eigenvalue weighted by Gasteiger charge is 2.26. The van der Waals surface area contributed by atoms with Gasteiger partial charge in [0.25, 0.3) is 5.91 Å². The lowest BCUT2D eigenvalue weighted by atomic mass is 10.1. The van der Waals surface area contributed by atoms with Crippen LogP contribution in [-0.4, -0.2) is 36.4 Å². The van der Waals surface area contributed by atoms with Gasteiger partial charge in [0.05, 0.1) is 6.61 Å². The highest BCUT2D eigenvalue weighted by molar-refractivity contribution is 6.17. The van der Waals surface area contributed by atoms with Gasteiger partial charge in [-0.3, -0.25) is 4.79 Å². The first kappa shape index (κ1) is 15.2. The van der Waals surface area contributed by atoms with Gasteiger partial charge < -0.3 is 9.64 Å². The van der Waals surface area contributed by atoms with Gasteiger partial charge in [-0.2, -0.15) is 0 Å². The average Bonchev–Trinajstić information content (AvgIpc) is 2.93. The summed E-state index contributed by atoms with van der Waals surface area (Å²) < 4.78 is 5.58. The van der Waals surface area contributed by atoms with Crippen LogP contribution >= 0.6 is 11.6 Å².